The third kappa shape index (κ3) is 3.31. The van der Waals surface area contributed by atoms with Crippen LogP contribution in [0.1, 0.15) is 5.56 Å². The van der Waals surface area contributed by atoms with Gasteiger partial charge in [0.15, 0.2) is 0 Å². The summed E-state index contributed by atoms with van der Waals surface area (Å²) >= 11 is 4.99. The van der Waals surface area contributed by atoms with E-state index in [0.717, 1.165) is 5.56 Å². The zero-order valence-corrected chi connectivity index (χ0v) is 12.1. The van der Waals surface area contributed by atoms with Gasteiger partial charge in [-0.25, -0.2) is 4.21 Å². The van der Waals surface area contributed by atoms with E-state index in [-0.39, 0.29) is 11.4 Å². The van der Waals surface area contributed by atoms with E-state index in [1.54, 1.807) is 24.3 Å². The molecule has 0 aromatic heterocycles. The first-order valence-electron chi connectivity index (χ1n) is 5.64. The molecule has 2 rings (SSSR count). The number of aryl methyl sites for hydroxylation is 1. The molecule has 5 nitrogen and oxygen atoms in total. The van der Waals surface area contributed by atoms with Gasteiger partial charge in [0.1, 0.15) is 5.75 Å². The maximum atomic E-state index is 12.3. The molecule has 0 N–H and O–H groups in total. The molecule has 1 unspecified atom stereocenters. The molecule has 0 spiro atoms. The predicted molar refractivity (Wildman–Crippen MR) is 78.7 cm³/mol. The number of hydrogen-bond donors (Lipinski definition) is 0. The average molecular weight is 309 g/mol. The largest absolute Gasteiger partial charge is 0.397 e. The molecule has 0 saturated carbocycles. The van der Waals surface area contributed by atoms with Gasteiger partial charge in [0.25, 0.3) is 5.69 Å². The van der Waals surface area contributed by atoms with E-state index in [9.17, 15) is 14.3 Å². The summed E-state index contributed by atoms with van der Waals surface area (Å²) in [5.41, 5.74) is 0.956. The summed E-state index contributed by atoms with van der Waals surface area (Å²) in [4.78, 5) is 10.4. The Hall–Kier alpha value is -1.99. The van der Waals surface area contributed by atoms with Gasteiger partial charge in [-0.05, 0) is 31.2 Å². The highest BCUT2D eigenvalue weighted by Crippen LogP contribution is 2.22. The first kappa shape index (κ1) is 14.4. The molecule has 0 heterocycles. The van der Waals surface area contributed by atoms with Crippen LogP contribution in [0, 0.1) is 17.0 Å². The van der Waals surface area contributed by atoms with E-state index in [4.69, 9.17) is 15.4 Å². The van der Waals surface area contributed by atoms with Gasteiger partial charge in [-0.2, -0.15) is 0 Å². The number of nitro benzene ring substituents is 1. The Morgan fingerprint density at radius 1 is 1.10 bits per heavy atom. The molecule has 2 aromatic carbocycles. The maximum Gasteiger partial charge on any atom is 0.269 e. The Morgan fingerprint density at radius 3 is 2.15 bits per heavy atom. The van der Waals surface area contributed by atoms with Crippen molar-refractivity contribution in [1.29, 1.82) is 0 Å². The lowest BCUT2D eigenvalue weighted by Gasteiger charge is -2.09. The zero-order valence-electron chi connectivity index (χ0n) is 10.5. The first-order chi connectivity index (χ1) is 9.38. The van der Waals surface area contributed by atoms with E-state index in [1.165, 1.54) is 24.3 Å². The molecule has 0 aliphatic rings. The second kappa shape index (κ2) is 5.56. The fourth-order valence-electron chi connectivity index (χ4n) is 1.50. The van der Waals surface area contributed by atoms with Crippen molar-refractivity contribution < 1.29 is 13.3 Å². The molecule has 0 amide bonds. The zero-order chi connectivity index (χ0) is 14.8. The summed E-state index contributed by atoms with van der Waals surface area (Å²) in [5, 5.41) is 10.5. The molecule has 0 fully saturated rings. The van der Waals surface area contributed by atoms with Crippen LogP contribution in [-0.4, -0.2) is 9.13 Å². The number of hydrogen-bond acceptors (Lipinski definition) is 5. The highest BCUT2D eigenvalue weighted by Gasteiger charge is 2.13. The maximum absolute atomic E-state index is 12.3. The second-order valence-corrected chi connectivity index (χ2v) is 6.96. The Labute approximate surface area is 121 Å². The molecule has 20 heavy (non-hydrogen) atoms. The third-order valence-corrected chi connectivity index (χ3v) is 4.61. The minimum Gasteiger partial charge on any atom is -0.397 e. The Kier molecular flexibility index (Phi) is 4.01. The Bertz CT molecular complexity index is 722. The molecular formula is C13H11NO4S2. The number of benzene rings is 2. The lowest BCUT2D eigenvalue weighted by molar-refractivity contribution is -0.384. The van der Waals surface area contributed by atoms with E-state index < -0.39 is 13.7 Å². The van der Waals surface area contributed by atoms with Crippen LogP contribution in [0.3, 0.4) is 0 Å². The van der Waals surface area contributed by atoms with E-state index in [2.05, 4.69) is 0 Å². The van der Waals surface area contributed by atoms with Gasteiger partial charge in [0.2, 0.25) is 8.77 Å². The summed E-state index contributed by atoms with van der Waals surface area (Å²) in [6, 6.07) is 12.2. The molecule has 0 bridgehead atoms. The van der Waals surface area contributed by atoms with Crippen molar-refractivity contribution in [3.05, 3.63) is 64.2 Å². The average Bonchev–Trinajstić information content (AvgIpc) is 2.39. The number of rotatable bonds is 4. The van der Waals surface area contributed by atoms with Crippen molar-refractivity contribution in [3.8, 4) is 5.75 Å². The Balaban J connectivity index is 2.24. The van der Waals surface area contributed by atoms with Crippen molar-refractivity contribution in [2.75, 3.05) is 0 Å². The highest BCUT2D eigenvalue weighted by molar-refractivity contribution is 8.30. The molecular weight excluding hydrogens is 298 g/mol. The molecule has 0 aliphatic carbocycles. The van der Waals surface area contributed by atoms with E-state index in [0.29, 0.717) is 4.90 Å². The standard InChI is InChI=1S/C13H11NO4S2/c1-10-2-8-13(9-3-10)20(17,19)18-12-6-4-11(5-7-12)14(15)16/h2-9H,1H3. The number of non-ortho nitro benzene ring substituents is 1. The highest BCUT2D eigenvalue weighted by atomic mass is 32.8. The van der Waals surface area contributed by atoms with E-state index >= 15 is 0 Å². The molecule has 2 aromatic rings. The molecule has 0 aliphatic heterocycles. The van der Waals surface area contributed by atoms with Crippen LogP contribution < -0.4 is 4.18 Å². The van der Waals surface area contributed by atoms with Crippen LogP contribution >= 0.6 is 0 Å². The summed E-state index contributed by atoms with van der Waals surface area (Å²) in [7, 11) is -3.10. The van der Waals surface area contributed by atoms with Crippen molar-refractivity contribution in [3.63, 3.8) is 0 Å². The van der Waals surface area contributed by atoms with Crippen LogP contribution in [0.15, 0.2) is 53.4 Å². The van der Waals surface area contributed by atoms with E-state index in [1.807, 2.05) is 6.92 Å². The van der Waals surface area contributed by atoms with Crippen molar-refractivity contribution in [1.82, 2.24) is 0 Å². The second-order valence-electron chi connectivity index (χ2n) is 4.10. The minimum absolute atomic E-state index is 0.0662. The van der Waals surface area contributed by atoms with Crippen LogP contribution in [0.5, 0.6) is 5.75 Å². The van der Waals surface area contributed by atoms with Crippen LogP contribution in [-0.2, 0) is 20.0 Å². The minimum atomic E-state index is -3.10. The number of nitro groups is 1. The lowest BCUT2D eigenvalue weighted by atomic mass is 10.2. The van der Waals surface area contributed by atoms with Crippen LogP contribution in [0.2, 0.25) is 0 Å². The monoisotopic (exact) mass is 309 g/mol. The quantitative estimate of drug-likeness (QED) is 0.641. The van der Waals surface area contributed by atoms with Gasteiger partial charge in [-0.3, -0.25) is 10.1 Å². The van der Waals surface area contributed by atoms with Crippen molar-refractivity contribution >= 4 is 25.6 Å². The number of nitrogens with zero attached hydrogens (tertiary/aromatic N) is 1. The Morgan fingerprint density at radius 2 is 1.65 bits per heavy atom. The third-order valence-electron chi connectivity index (χ3n) is 2.56. The smallest absolute Gasteiger partial charge is 0.269 e. The summed E-state index contributed by atoms with van der Waals surface area (Å²) in [5.74, 6) is 0.233. The van der Waals surface area contributed by atoms with Crippen LogP contribution in [0.4, 0.5) is 5.69 Å². The molecule has 1 atom stereocenters. The van der Waals surface area contributed by atoms with Gasteiger partial charge in [-0.1, -0.05) is 17.7 Å². The van der Waals surface area contributed by atoms with Gasteiger partial charge in [0, 0.05) is 23.3 Å². The summed E-state index contributed by atoms with van der Waals surface area (Å²) < 4.78 is 17.6. The molecule has 104 valence electrons. The normalized spacial score (nSPS) is 13.4. The molecule has 0 saturated heterocycles. The first-order valence-corrected chi connectivity index (χ1v) is 8.05. The fourth-order valence-corrected chi connectivity index (χ4v) is 3.00. The van der Waals surface area contributed by atoms with Gasteiger partial charge >= 0.3 is 0 Å². The SMILES string of the molecule is Cc1ccc(S(=O)(=S)Oc2ccc([N+](=O)[O-])cc2)cc1. The fraction of sp³-hybridized carbons (Fsp3) is 0.0769. The van der Waals surface area contributed by atoms with Crippen LogP contribution in [0.25, 0.3) is 0 Å². The lowest BCUT2D eigenvalue weighted by Crippen LogP contribution is -2.08. The van der Waals surface area contributed by atoms with Crippen molar-refractivity contribution in [2.24, 2.45) is 0 Å². The van der Waals surface area contributed by atoms with Gasteiger partial charge in [-0.15, -0.1) is 0 Å². The summed E-state index contributed by atoms with van der Waals surface area (Å²) in [6.07, 6.45) is 0. The summed E-state index contributed by atoms with van der Waals surface area (Å²) in [6.45, 7) is 1.91. The molecule has 7 heteroatoms. The van der Waals surface area contributed by atoms with Gasteiger partial charge < -0.3 is 4.18 Å². The predicted octanol–water partition coefficient (Wildman–Crippen LogP) is 3.00. The topological polar surface area (TPSA) is 69.4 Å². The molecule has 0 radical (unpaired) electrons. The van der Waals surface area contributed by atoms with Gasteiger partial charge in [0.05, 0.1) is 9.82 Å². The van der Waals surface area contributed by atoms with Crippen molar-refractivity contribution in [2.45, 2.75) is 11.8 Å².